The molecule has 0 spiro atoms. The van der Waals surface area contributed by atoms with Crippen LogP contribution in [0.4, 0.5) is 0 Å². The summed E-state index contributed by atoms with van der Waals surface area (Å²) >= 11 is 0. The van der Waals surface area contributed by atoms with E-state index in [0.29, 0.717) is 23.3 Å². The molecule has 0 aromatic heterocycles. The van der Waals surface area contributed by atoms with E-state index in [1.54, 1.807) is 24.3 Å². The summed E-state index contributed by atoms with van der Waals surface area (Å²) in [7, 11) is 1.45. The van der Waals surface area contributed by atoms with Gasteiger partial charge in [-0.25, -0.2) is 0 Å². The summed E-state index contributed by atoms with van der Waals surface area (Å²) in [6.45, 7) is 3.73. The molecule has 0 saturated carbocycles. The van der Waals surface area contributed by atoms with Gasteiger partial charge in [0.1, 0.15) is 11.5 Å². The van der Waals surface area contributed by atoms with Gasteiger partial charge in [0.15, 0.2) is 5.78 Å². The van der Waals surface area contributed by atoms with Gasteiger partial charge in [0, 0.05) is 11.1 Å². The number of hydrogen-bond acceptors (Lipinski definition) is 4. The van der Waals surface area contributed by atoms with Crippen LogP contribution < -0.4 is 4.74 Å². The van der Waals surface area contributed by atoms with Gasteiger partial charge in [-0.15, -0.1) is 0 Å². The number of rotatable bonds is 2. The van der Waals surface area contributed by atoms with Crippen molar-refractivity contribution in [3.05, 3.63) is 57.6 Å². The molecule has 0 saturated heterocycles. The number of carbonyl (C=O) groups excluding carboxylic acids is 2. The first-order chi connectivity index (χ1) is 10.5. The van der Waals surface area contributed by atoms with E-state index >= 15 is 0 Å². The Hall–Kier alpha value is -2.62. The Bertz CT molecular complexity index is 818. The zero-order valence-electron chi connectivity index (χ0n) is 12.7. The van der Waals surface area contributed by atoms with Gasteiger partial charge in [-0.2, -0.15) is 0 Å². The van der Waals surface area contributed by atoms with Crippen molar-refractivity contribution in [1.29, 1.82) is 0 Å². The molecule has 22 heavy (non-hydrogen) atoms. The number of aryl methyl sites for hydroxylation is 1. The topological polar surface area (TPSA) is 63.6 Å². The van der Waals surface area contributed by atoms with Gasteiger partial charge in [-0.3, -0.25) is 9.59 Å². The Morgan fingerprint density at radius 3 is 2.45 bits per heavy atom. The van der Waals surface area contributed by atoms with Crippen molar-refractivity contribution in [2.75, 3.05) is 7.11 Å². The van der Waals surface area contributed by atoms with Crippen molar-refractivity contribution in [3.63, 3.8) is 0 Å². The van der Waals surface area contributed by atoms with E-state index in [-0.39, 0.29) is 34.0 Å². The van der Waals surface area contributed by atoms with E-state index in [1.807, 2.05) is 13.8 Å². The fraction of sp³-hybridized carbons (Fsp3) is 0.222. The maximum atomic E-state index is 12.8. The summed E-state index contributed by atoms with van der Waals surface area (Å²) in [5, 5.41) is 10.5. The molecule has 3 rings (SSSR count). The Morgan fingerprint density at radius 1 is 1.09 bits per heavy atom. The van der Waals surface area contributed by atoms with E-state index in [2.05, 4.69) is 0 Å². The third-order valence-electron chi connectivity index (χ3n) is 4.17. The molecular weight excluding hydrogens is 280 g/mol. The first-order valence-electron chi connectivity index (χ1n) is 7.13. The van der Waals surface area contributed by atoms with E-state index in [9.17, 15) is 14.7 Å². The number of ketones is 2. The molecule has 1 aliphatic carbocycles. The summed E-state index contributed by atoms with van der Waals surface area (Å²) in [5.74, 6) is -0.370. The summed E-state index contributed by atoms with van der Waals surface area (Å²) in [5.41, 5.74) is 2.40. The molecule has 1 aliphatic rings. The van der Waals surface area contributed by atoms with Crippen molar-refractivity contribution in [3.8, 4) is 11.5 Å². The average Bonchev–Trinajstić information content (AvgIpc) is 2.51. The van der Waals surface area contributed by atoms with Crippen LogP contribution in [0.2, 0.25) is 0 Å². The van der Waals surface area contributed by atoms with E-state index in [4.69, 9.17) is 4.74 Å². The number of fused-ring (bicyclic) bond motifs is 2. The van der Waals surface area contributed by atoms with Crippen molar-refractivity contribution >= 4 is 11.6 Å². The van der Waals surface area contributed by atoms with Crippen LogP contribution in [0, 0.1) is 6.92 Å². The Morgan fingerprint density at radius 2 is 1.82 bits per heavy atom. The standard InChI is InChI=1S/C18H16O4/c1-4-10-9(2)8-12-15(17(10)20)18(21)14-11(16(12)19)6-5-7-13(14)22-3/h5-8,20H,4H2,1-3H3. The van der Waals surface area contributed by atoms with Gasteiger partial charge < -0.3 is 9.84 Å². The predicted molar refractivity (Wildman–Crippen MR) is 82.1 cm³/mol. The van der Waals surface area contributed by atoms with Gasteiger partial charge in [0.25, 0.3) is 0 Å². The number of ether oxygens (including phenoxy) is 1. The largest absolute Gasteiger partial charge is 0.507 e. The molecule has 0 heterocycles. The second-order valence-electron chi connectivity index (χ2n) is 5.34. The summed E-state index contributed by atoms with van der Waals surface area (Å²) in [6.07, 6.45) is 0.588. The first-order valence-corrected chi connectivity index (χ1v) is 7.13. The lowest BCUT2D eigenvalue weighted by atomic mass is 9.81. The SMILES string of the molecule is CCc1c(C)cc2c(c1O)C(=O)c1c(OC)cccc1C2=O. The number of benzene rings is 2. The highest BCUT2D eigenvalue weighted by Crippen LogP contribution is 2.39. The highest BCUT2D eigenvalue weighted by Gasteiger charge is 2.35. The molecule has 1 N–H and O–H groups in total. The summed E-state index contributed by atoms with van der Waals surface area (Å²) in [6, 6.07) is 6.62. The summed E-state index contributed by atoms with van der Waals surface area (Å²) < 4.78 is 5.21. The van der Waals surface area contributed by atoms with Crippen LogP contribution in [0.25, 0.3) is 0 Å². The molecule has 4 nitrogen and oxygen atoms in total. The number of hydrogen-bond donors (Lipinski definition) is 1. The van der Waals surface area contributed by atoms with E-state index in [1.165, 1.54) is 7.11 Å². The van der Waals surface area contributed by atoms with Gasteiger partial charge in [0.05, 0.1) is 18.2 Å². The predicted octanol–water partition coefficient (Wildman–Crippen LogP) is 3.05. The van der Waals surface area contributed by atoms with Crippen LogP contribution in [-0.2, 0) is 6.42 Å². The number of methoxy groups -OCH3 is 1. The number of phenolic OH excluding ortho intramolecular Hbond substituents is 1. The zero-order chi connectivity index (χ0) is 16.0. The number of phenols is 1. The Balaban J connectivity index is 2.37. The molecule has 0 atom stereocenters. The lowest BCUT2D eigenvalue weighted by Gasteiger charge is -2.22. The minimum absolute atomic E-state index is 0.0875. The third-order valence-corrected chi connectivity index (χ3v) is 4.17. The maximum absolute atomic E-state index is 12.8. The van der Waals surface area contributed by atoms with E-state index < -0.39 is 0 Å². The molecule has 2 aromatic carbocycles. The minimum Gasteiger partial charge on any atom is -0.507 e. The Labute approximate surface area is 128 Å². The van der Waals surface area contributed by atoms with Crippen LogP contribution in [0.1, 0.15) is 49.9 Å². The Kier molecular flexibility index (Phi) is 3.24. The lowest BCUT2D eigenvalue weighted by molar-refractivity contribution is 0.0974. The number of carbonyl (C=O) groups is 2. The van der Waals surface area contributed by atoms with Crippen LogP contribution in [0.5, 0.6) is 11.5 Å². The van der Waals surface area contributed by atoms with Crippen molar-refractivity contribution < 1.29 is 19.4 Å². The second-order valence-corrected chi connectivity index (χ2v) is 5.34. The van der Waals surface area contributed by atoms with Gasteiger partial charge in [-0.05, 0) is 36.6 Å². The molecule has 2 aromatic rings. The van der Waals surface area contributed by atoms with Crippen molar-refractivity contribution in [2.24, 2.45) is 0 Å². The fourth-order valence-corrected chi connectivity index (χ4v) is 3.09. The second kappa shape index (κ2) is 4.98. The quantitative estimate of drug-likeness (QED) is 0.789. The highest BCUT2D eigenvalue weighted by atomic mass is 16.5. The van der Waals surface area contributed by atoms with Crippen LogP contribution in [-0.4, -0.2) is 23.8 Å². The average molecular weight is 296 g/mol. The maximum Gasteiger partial charge on any atom is 0.201 e. The first kappa shape index (κ1) is 14.3. The van der Waals surface area contributed by atoms with Crippen molar-refractivity contribution in [1.82, 2.24) is 0 Å². The van der Waals surface area contributed by atoms with Gasteiger partial charge in [0.2, 0.25) is 5.78 Å². The lowest BCUT2D eigenvalue weighted by Crippen LogP contribution is -2.22. The van der Waals surface area contributed by atoms with Gasteiger partial charge >= 0.3 is 0 Å². The summed E-state index contributed by atoms with van der Waals surface area (Å²) in [4.78, 5) is 25.5. The molecule has 0 aliphatic heterocycles. The van der Waals surface area contributed by atoms with E-state index in [0.717, 1.165) is 5.56 Å². The molecule has 0 amide bonds. The van der Waals surface area contributed by atoms with Gasteiger partial charge in [-0.1, -0.05) is 19.1 Å². The molecule has 4 heteroatoms. The smallest absolute Gasteiger partial charge is 0.201 e. The van der Waals surface area contributed by atoms with Crippen LogP contribution in [0.3, 0.4) is 0 Å². The molecule has 0 bridgehead atoms. The number of aromatic hydroxyl groups is 1. The molecule has 112 valence electrons. The third kappa shape index (κ3) is 1.77. The van der Waals surface area contributed by atoms with Crippen LogP contribution in [0.15, 0.2) is 24.3 Å². The highest BCUT2D eigenvalue weighted by molar-refractivity contribution is 6.30. The molecule has 0 fully saturated rings. The molecule has 0 radical (unpaired) electrons. The van der Waals surface area contributed by atoms with Crippen molar-refractivity contribution in [2.45, 2.75) is 20.3 Å². The minimum atomic E-state index is -0.366. The zero-order valence-corrected chi connectivity index (χ0v) is 12.7. The normalized spacial score (nSPS) is 12.9. The fourth-order valence-electron chi connectivity index (χ4n) is 3.09. The molecular formula is C18H16O4. The monoisotopic (exact) mass is 296 g/mol. The van der Waals surface area contributed by atoms with Crippen LogP contribution >= 0.6 is 0 Å². The molecule has 0 unspecified atom stereocenters.